The number of ether oxygens (including phenoxy) is 2. The van der Waals surface area contributed by atoms with Gasteiger partial charge in [0.1, 0.15) is 13.2 Å². The summed E-state index contributed by atoms with van der Waals surface area (Å²) in [6.45, 7) is 1.59. The fourth-order valence-corrected chi connectivity index (χ4v) is 1.65. The van der Waals surface area contributed by atoms with Crippen LogP contribution in [-0.4, -0.2) is 19.8 Å². The van der Waals surface area contributed by atoms with Crippen LogP contribution in [0.5, 0.6) is 11.5 Å². The van der Waals surface area contributed by atoms with Crippen molar-refractivity contribution in [3.8, 4) is 11.5 Å². The highest BCUT2D eigenvalue weighted by Gasteiger charge is 2.17. The zero-order valence-corrected chi connectivity index (χ0v) is 8.96. The number of benzene rings is 1. The molecule has 2 rings (SSSR count). The molecule has 1 aromatic rings. The molecule has 1 heterocycles. The van der Waals surface area contributed by atoms with Crippen LogP contribution in [0.3, 0.4) is 0 Å². The van der Waals surface area contributed by atoms with Crippen LogP contribution in [-0.2, 0) is 0 Å². The molecule has 0 saturated heterocycles. The first-order valence-electron chi connectivity index (χ1n) is 4.77. The van der Waals surface area contributed by atoms with E-state index >= 15 is 0 Å². The molecule has 0 spiro atoms. The zero-order chi connectivity index (χ0) is 10.7. The predicted molar refractivity (Wildman–Crippen MR) is 60.5 cm³/mol. The number of hydrogen-bond donors (Lipinski definition) is 1. The molecular weight excluding hydrogens is 214 g/mol. The molecule has 1 aliphatic rings. The summed E-state index contributed by atoms with van der Waals surface area (Å²) < 4.78 is 11.0. The van der Waals surface area contributed by atoms with Gasteiger partial charge in [-0.15, -0.1) is 0 Å². The molecule has 0 saturated carbocycles. The van der Waals surface area contributed by atoms with Gasteiger partial charge >= 0.3 is 0 Å². The second-order valence-corrected chi connectivity index (χ2v) is 3.54. The van der Waals surface area contributed by atoms with Gasteiger partial charge in [-0.3, -0.25) is 0 Å². The smallest absolute Gasteiger partial charge is 0.180 e. The fraction of sp³-hybridized carbons (Fsp3) is 0.273. The summed E-state index contributed by atoms with van der Waals surface area (Å²) in [5, 5.41) is 0.578. The summed E-state index contributed by atoms with van der Waals surface area (Å²) in [5.74, 6) is 1.33. The Kier molecular flexibility index (Phi) is 3.14. The normalized spacial score (nSPS) is 14.5. The van der Waals surface area contributed by atoms with Gasteiger partial charge in [0.2, 0.25) is 0 Å². The van der Waals surface area contributed by atoms with Gasteiger partial charge in [-0.1, -0.05) is 23.8 Å². The van der Waals surface area contributed by atoms with Crippen molar-refractivity contribution in [3.63, 3.8) is 0 Å². The highest BCUT2D eigenvalue weighted by atomic mass is 35.5. The van der Waals surface area contributed by atoms with Crippen LogP contribution < -0.4 is 15.2 Å². The van der Waals surface area contributed by atoms with Crippen molar-refractivity contribution in [2.24, 2.45) is 5.73 Å². The molecule has 15 heavy (non-hydrogen) atoms. The van der Waals surface area contributed by atoms with Crippen LogP contribution in [0, 0.1) is 0 Å². The Balaban J connectivity index is 2.43. The second kappa shape index (κ2) is 4.55. The van der Waals surface area contributed by atoms with Gasteiger partial charge in [0.25, 0.3) is 0 Å². The highest BCUT2D eigenvalue weighted by molar-refractivity contribution is 6.32. The van der Waals surface area contributed by atoms with E-state index in [-0.39, 0.29) is 0 Å². The molecule has 0 aromatic heterocycles. The van der Waals surface area contributed by atoms with Crippen molar-refractivity contribution in [2.45, 2.75) is 0 Å². The number of halogens is 1. The lowest BCUT2D eigenvalue weighted by atomic mass is 10.1. The Morgan fingerprint density at radius 3 is 2.73 bits per heavy atom. The first-order chi connectivity index (χ1) is 7.33. The molecular formula is C11H12ClNO2. The Morgan fingerprint density at radius 2 is 2.00 bits per heavy atom. The maximum atomic E-state index is 5.99. The molecule has 80 valence electrons. The molecule has 0 fully saturated rings. The van der Waals surface area contributed by atoms with Crippen molar-refractivity contribution in [1.29, 1.82) is 0 Å². The summed E-state index contributed by atoms with van der Waals surface area (Å²) in [6, 6.07) is 3.69. The van der Waals surface area contributed by atoms with Gasteiger partial charge in [0.05, 0.1) is 5.02 Å². The highest BCUT2D eigenvalue weighted by Crippen LogP contribution is 2.40. The van der Waals surface area contributed by atoms with Crippen LogP contribution in [0.2, 0.25) is 5.02 Å². The standard InChI is InChI=1S/C11H12ClNO2/c12-9-4-3-8(2-1-5-13)10-11(9)15-7-6-14-10/h1-4H,5-7,13H2/b2-1+. The van der Waals surface area contributed by atoms with Crippen molar-refractivity contribution >= 4 is 17.7 Å². The van der Waals surface area contributed by atoms with E-state index in [1.54, 1.807) is 6.07 Å². The molecule has 0 aliphatic carbocycles. The summed E-state index contributed by atoms with van der Waals surface area (Å²) in [6.07, 6.45) is 3.77. The third-order valence-electron chi connectivity index (χ3n) is 2.10. The maximum Gasteiger partial charge on any atom is 0.180 e. The lowest BCUT2D eigenvalue weighted by Crippen LogP contribution is -2.16. The van der Waals surface area contributed by atoms with E-state index in [0.29, 0.717) is 36.3 Å². The van der Waals surface area contributed by atoms with Crippen molar-refractivity contribution < 1.29 is 9.47 Å². The third kappa shape index (κ3) is 2.08. The van der Waals surface area contributed by atoms with E-state index in [1.165, 1.54) is 0 Å². The minimum absolute atomic E-state index is 0.498. The average molecular weight is 226 g/mol. The van der Waals surface area contributed by atoms with E-state index in [1.807, 2.05) is 18.2 Å². The van der Waals surface area contributed by atoms with Crippen molar-refractivity contribution in [3.05, 3.63) is 28.8 Å². The Hall–Kier alpha value is -1.19. The van der Waals surface area contributed by atoms with E-state index in [4.69, 9.17) is 26.8 Å². The molecule has 0 unspecified atom stereocenters. The molecule has 1 aromatic carbocycles. The van der Waals surface area contributed by atoms with E-state index in [9.17, 15) is 0 Å². The number of nitrogens with two attached hydrogens (primary N) is 1. The lowest BCUT2D eigenvalue weighted by molar-refractivity contribution is 0.171. The predicted octanol–water partition coefficient (Wildman–Crippen LogP) is 2.08. The zero-order valence-electron chi connectivity index (χ0n) is 8.20. The molecule has 0 amide bonds. The minimum Gasteiger partial charge on any atom is -0.485 e. The molecule has 1 aliphatic heterocycles. The maximum absolute atomic E-state index is 5.99. The molecule has 4 heteroatoms. The van der Waals surface area contributed by atoms with E-state index in [2.05, 4.69) is 0 Å². The van der Waals surface area contributed by atoms with Gasteiger partial charge in [0.15, 0.2) is 11.5 Å². The third-order valence-corrected chi connectivity index (χ3v) is 2.40. The van der Waals surface area contributed by atoms with Crippen molar-refractivity contribution in [2.75, 3.05) is 19.8 Å². The van der Waals surface area contributed by atoms with Gasteiger partial charge < -0.3 is 15.2 Å². The SMILES string of the molecule is NC/C=C/c1ccc(Cl)c2c1OCCO2. The van der Waals surface area contributed by atoms with Gasteiger partial charge in [-0.25, -0.2) is 0 Å². The molecule has 0 radical (unpaired) electrons. The first-order valence-corrected chi connectivity index (χ1v) is 5.15. The summed E-state index contributed by atoms with van der Waals surface area (Å²) in [5.41, 5.74) is 6.34. The minimum atomic E-state index is 0.498. The summed E-state index contributed by atoms with van der Waals surface area (Å²) >= 11 is 5.99. The molecule has 3 nitrogen and oxygen atoms in total. The molecule has 0 bridgehead atoms. The molecule has 2 N–H and O–H groups in total. The largest absolute Gasteiger partial charge is 0.485 e. The van der Waals surface area contributed by atoms with Gasteiger partial charge in [0, 0.05) is 12.1 Å². The van der Waals surface area contributed by atoms with E-state index < -0.39 is 0 Å². The number of rotatable bonds is 2. The van der Waals surface area contributed by atoms with Crippen LogP contribution in [0.15, 0.2) is 18.2 Å². The quantitative estimate of drug-likeness (QED) is 0.838. The summed E-state index contributed by atoms with van der Waals surface area (Å²) in [7, 11) is 0. The monoisotopic (exact) mass is 225 g/mol. The van der Waals surface area contributed by atoms with Gasteiger partial charge in [-0.05, 0) is 12.1 Å². The number of hydrogen-bond acceptors (Lipinski definition) is 3. The topological polar surface area (TPSA) is 44.5 Å². The average Bonchev–Trinajstić information content (AvgIpc) is 2.29. The van der Waals surface area contributed by atoms with Crippen LogP contribution >= 0.6 is 11.6 Å². The van der Waals surface area contributed by atoms with Crippen molar-refractivity contribution in [1.82, 2.24) is 0 Å². The number of fused-ring (bicyclic) bond motifs is 1. The molecule has 0 atom stereocenters. The van der Waals surface area contributed by atoms with Crippen LogP contribution in [0.1, 0.15) is 5.56 Å². The first kappa shape index (κ1) is 10.3. The van der Waals surface area contributed by atoms with Gasteiger partial charge in [-0.2, -0.15) is 0 Å². The second-order valence-electron chi connectivity index (χ2n) is 3.13. The Labute approximate surface area is 93.4 Å². The van der Waals surface area contributed by atoms with Crippen LogP contribution in [0.4, 0.5) is 0 Å². The van der Waals surface area contributed by atoms with E-state index in [0.717, 1.165) is 5.56 Å². The lowest BCUT2D eigenvalue weighted by Gasteiger charge is -2.21. The van der Waals surface area contributed by atoms with Crippen LogP contribution in [0.25, 0.3) is 6.08 Å². The Bertz CT molecular complexity index is 390. The summed E-state index contributed by atoms with van der Waals surface area (Å²) in [4.78, 5) is 0. The Morgan fingerprint density at radius 1 is 1.27 bits per heavy atom. The fourth-order valence-electron chi connectivity index (χ4n) is 1.45.